The molecular formula is C8H14N2OS. The second kappa shape index (κ2) is 2.85. The molecule has 4 heteroatoms. The van der Waals surface area contributed by atoms with Crippen LogP contribution >= 0.6 is 12.2 Å². The molecule has 12 heavy (non-hydrogen) atoms. The summed E-state index contributed by atoms with van der Waals surface area (Å²) in [4.78, 5) is 2.33. The highest BCUT2D eigenvalue weighted by Crippen LogP contribution is 2.28. The fraction of sp³-hybridized carbons (Fsp3) is 0.875. The lowest BCUT2D eigenvalue weighted by Gasteiger charge is -2.35. The van der Waals surface area contributed by atoms with Gasteiger partial charge < -0.3 is 15.0 Å². The molecule has 1 spiro atoms. The van der Waals surface area contributed by atoms with Gasteiger partial charge in [0.2, 0.25) is 0 Å². The van der Waals surface area contributed by atoms with E-state index in [0.717, 1.165) is 32.5 Å². The second-order valence-corrected chi connectivity index (χ2v) is 4.10. The third-order valence-corrected chi connectivity index (χ3v) is 2.99. The number of ether oxygens (including phenoxy) is 1. The van der Waals surface area contributed by atoms with E-state index in [4.69, 9.17) is 17.0 Å². The number of likely N-dealkylation sites (tertiary alicyclic amines) is 1. The zero-order valence-corrected chi connectivity index (χ0v) is 8.12. The van der Waals surface area contributed by atoms with E-state index in [1.54, 1.807) is 0 Å². The molecule has 2 aliphatic rings. The first-order valence-electron chi connectivity index (χ1n) is 4.36. The number of thiocarbonyl (C=S) groups is 1. The van der Waals surface area contributed by atoms with Crippen molar-refractivity contribution in [3.8, 4) is 0 Å². The summed E-state index contributed by atoms with van der Waals surface area (Å²) in [5.41, 5.74) is 0.0313. The van der Waals surface area contributed by atoms with Gasteiger partial charge in [-0.1, -0.05) is 0 Å². The molecule has 3 nitrogen and oxygen atoms in total. The Labute approximate surface area is 78.1 Å². The molecule has 0 aromatic carbocycles. The van der Waals surface area contributed by atoms with E-state index >= 15 is 0 Å². The summed E-state index contributed by atoms with van der Waals surface area (Å²) in [6.45, 7) is 3.13. The summed E-state index contributed by atoms with van der Waals surface area (Å²) in [6.07, 6.45) is 2.19. The van der Waals surface area contributed by atoms with Crippen LogP contribution in [0.2, 0.25) is 0 Å². The maximum atomic E-state index is 5.63. The van der Waals surface area contributed by atoms with Gasteiger partial charge in [0.15, 0.2) is 0 Å². The lowest BCUT2D eigenvalue weighted by atomic mass is 9.92. The number of hydrogen-bond acceptors (Lipinski definition) is 3. The van der Waals surface area contributed by atoms with E-state index in [1.807, 2.05) is 0 Å². The zero-order chi connectivity index (χ0) is 8.60. The molecule has 0 unspecified atom stereocenters. The van der Waals surface area contributed by atoms with E-state index in [0.29, 0.717) is 5.17 Å². The van der Waals surface area contributed by atoms with Crippen LogP contribution in [0.1, 0.15) is 12.8 Å². The van der Waals surface area contributed by atoms with Gasteiger partial charge in [-0.15, -0.1) is 0 Å². The van der Waals surface area contributed by atoms with Crippen LogP contribution in [0.25, 0.3) is 0 Å². The zero-order valence-electron chi connectivity index (χ0n) is 7.30. The highest BCUT2D eigenvalue weighted by Gasteiger charge is 2.40. The standard InChI is InChI=1S/C8H14N2OS/c1-10-4-2-8(3-5-10)6-9-7(12)11-8/h2-6H2,1H3,(H,9,12). The van der Waals surface area contributed by atoms with Crippen LogP contribution < -0.4 is 5.32 Å². The minimum Gasteiger partial charge on any atom is -0.462 e. The van der Waals surface area contributed by atoms with Gasteiger partial charge in [-0.2, -0.15) is 0 Å². The van der Waals surface area contributed by atoms with Crippen LogP contribution in [0.15, 0.2) is 0 Å². The second-order valence-electron chi connectivity index (χ2n) is 3.73. The molecule has 1 N–H and O–H groups in total. The van der Waals surface area contributed by atoms with Crippen molar-refractivity contribution < 1.29 is 4.74 Å². The van der Waals surface area contributed by atoms with Crippen molar-refractivity contribution in [1.29, 1.82) is 0 Å². The van der Waals surface area contributed by atoms with E-state index in [2.05, 4.69) is 17.3 Å². The summed E-state index contributed by atoms with van der Waals surface area (Å²) >= 11 is 4.96. The van der Waals surface area contributed by atoms with Crippen molar-refractivity contribution in [2.24, 2.45) is 0 Å². The van der Waals surface area contributed by atoms with Crippen molar-refractivity contribution in [3.05, 3.63) is 0 Å². The molecule has 68 valence electrons. The Hall–Kier alpha value is -0.350. The molecule has 2 heterocycles. The number of nitrogens with zero attached hydrogens (tertiary/aromatic N) is 1. The lowest BCUT2D eigenvalue weighted by molar-refractivity contribution is 0.0284. The van der Waals surface area contributed by atoms with Gasteiger partial charge >= 0.3 is 0 Å². The molecule has 2 saturated heterocycles. The molecule has 2 aliphatic heterocycles. The van der Waals surface area contributed by atoms with Gasteiger partial charge in [0, 0.05) is 25.9 Å². The van der Waals surface area contributed by atoms with Gasteiger partial charge in [0.05, 0.1) is 6.54 Å². The van der Waals surface area contributed by atoms with Gasteiger partial charge in [0.25, 0.3) is 5.17 Å². The molecule has 2 rings (SSSR count). The first kappa shape index (κ1) is 8.26. The summed E-state index contributed by atoms with van der Waals surface area (Å²) in [6, 6.07) is 0. The van der Waals surface area contributed by atoms with Gasteiger partial charge in [-0.3, -0.25) is 0 Å². The maximum Gasteiger partial charge on any atom is 0.257 e. The SMILES string of the molecule is CN1CCC2(CC1)CNC(=S)O2. The summed E-state index contributed by atoms with van der Waals surface area (Å²) in [5.74, 6) is 0. The Kier molecular flexibility index (Phi) is 1.96. The topological polar surface area (TPSA) is 24.5 Å². The average molecular weight is 186 g/mol. The third-order valence-electron chi connectivity index (χ3n) is 2.76. The molecule has 0 bridgehead atoms. The number of rotatable bonds is 0. The molecule has 0 atom stereocenters. The van der Waals surface area contributed by atoms with Gasteiger partial charge in [-0.05, 0) is 19.3 Å². The van der Waals surface area contributed by atoms with Crippen molar-refractivity contribution in [2.45, 2.75) is 18.4 Å². The summed E-state index contributed by atoms with van der Waals surface area (Å²) < 4.78 is 5.63. The van der Waals surface area contributed by atoms with Crippen LogP contribution in [0.4, 0.5) is 0 Å². The molecule has 0 aliphatic carbocycles. The van der Waals surface area contributed by atoms with E-state index in [-0.39, 0.29) is 5.60 Å². The minimum atomic E-state index is 0.0313. The monoisotopic (exact) mass is 186 g/mol. The molecule has 0 amide bonds. The predicted molar refractivity (Wildman–Crippen MR) is 51.1 cm³/mol. The highest BCUT2D eigenvalue weighted by atomic mass is 32.1. The first-order valence-corrected chi connectivity index (χ1v) is 4.76. The van der Waals surface area contributed by atoms with Crippen molar-refractivity contribution in [2.75, 3.05) is 26.7 Å². The number of nitrogens with one attached hydrogen (secondary N) is 1. The highest BCUT2D eigenvalue weighted by molar-refractivity contribution is 7.80. The van der Waals surface area contributed by atoms with Gasteiger partial charge in [-0.25, -0.2) is 0 Å². The Morgan fingerprint density at radius 3 is 2.67 bits per heavy atom. The van der Waals surface area contributed by atoms with Crippen LogP contribution in [-0.4, -0.2) is 42.4 Å². The number of hydrogen-bond donors (Lipinski definition) is 1. The van der Waals surface area contributed by atoms with Crippen LogP contribution in [0, 0.1) is 0 Å². The smallest absolute Gasteiger partial charge is 0.257 e. The minimum absolute atomic E-state index is 0.0313. The quantitative estimate of drug-likeness (QED) is 0.552. The normalized spacial score (nSPS) is 28.6. The van der Waals surface area contributed by atoms with E-state index < -0.39 is 0 Å². The van der Waals surface area contributed by atoms with Crippen molar-refractivity contribution in [3.63, 3.8) is 0 Å². The molecule has 0 aromatic heterocycles. The van der Waals surface area contributed by atoms with Crippen molar-refractivity contribution in [1.82, 2.24) is 10.2 Å². The molecule has 0 radical (unpaired) electrons. The van der Waals surface area contributed by atoms with Crippen LogP contribution in [0.5, 0.6) is 0 Å². The van der Waals surface area contributed by atoms with Crippen LogP contribution in [-0.2, 0) is 4.74 Å². The summed E-state index contributed by atoms with van der Waals surface area (Å²) in [7, 11) is 2.15. The summed E-state index contributed by atoms with van der Waals surface area (Å²) in [5, 5.41) is 3.67. The Morgan fingerprint density at radius 1 is 1.50 bits per heavy atom. The van der Waals surface area contributed by atoms with Crippen LogP contribution in [0.3, 0.4) is 0 Å². The maximum absolute atomic E-state index is 5.63. The molecular weight excluding hydrogens is 172 g/mol. The Balaban J connectivity index is 1.99. The third kappa shape index (κ3) is 1.41. The first-order chi connectivity index (χ1) is 5.70. The largest absolute Gasteiger partial charge is 0.462 e. The van der Waals surface area contributed by atoms with E-state index in [1.165, 1.54) is 0 Å². The van der Waals surface area contributed by atoms with Crippen molar-refractivity contribution >= 4 is 17.4 Å². The Morgan fingerprint density at radius 2 is 2.17 bits per heavy atom. The average Bonchev–Trinajstić information content (AvgIpc) is 2.40. The fourth-order valence-corrected chi connectivity index (χ4v) is 2.06. The molecule has 2 fully saturated rings. The predicted octanol–water partition coefficient (Wildman–Crippen LogP) is 0.356. The van der Waals surface area contributed by atoms with Gasteiger partial charge in [0.1, 0.15) is 5.60 Å². The number of piperidine rings is 1. The fourth-order valence-electron chi connectivity index (χ4n) is 1.81. The molecule has 0 saturated carbocycles. The van der Waals surface area contributed by atoms with E-state index in [9.17, 15) is 0 Å². The lowest BCUT2D eigenvalue weighted by Crippen LogP contribution is -2.45. The molecule has 0 aromatic rings. The Bertz CT molecular complexity index is 199.